The van der Waals surface area contributed by atoms with Crippen molar-refractivity contribution in [2.75, 3.05) is 6.54 Å². The molecule has 0 atom stereocenters. The maximum absolute atomic E-state index is 12.7. The second-order valence-corrected chi connectivity index (χ2v) is 8.55. The topological polar surface area (TPSA) is 123 Å². The van der Waals surface area contributed by atoms with E-state index in [1.807, 2.05) is 6.92 Å². The molecule has 4 aromatic rings. The number of nitrogens with one attached hydrogen (secondary N) is 2. The summed E-state index contributed by atoms with van der Waals surface area (Å²) in [5.74, 6) is -1.97. The molecule has 0 fully saturated rings. The van der Waals surface area contributed by atoms with Crippen molar-refractivity contribution in [1.82, 2.24) is 10.7 Å². The quantitative estimate of drug-likeness (QED) is 0.142. The Morgan fingerprint density at radius 3 is 1.95 bits per heavy atom. The molecule has 2 amide bonds. The van der Waals surface area contributed by atoms with Gasteiger partial charge >= 0.3 is 11.9 Å². The highest BCUT2D eigenvalue weighted by Crippen LogP contribution is 2.25. The predicted molar refractivity (Wildman–Crippen MR) is 148 cm³/mol. The summed E-state index contributed by atoms with van der Waals surface area (Å²) in [5, 5.41) is 6.43. The van der Waals surface area contributed by atoms with Crippen LogP contribution in [0, 0.1) is 6.92 Å². The molecule has 0 aromatic heterocycles. The molecule has 0 bridgehead atoms. The molecular formula is C31H25N3O6. The third-order valence-corrected chi connectivity index (χ3v) is 5.53. The van der Waals surface area contributed by atoms with Gasteiger partial charge in [0, 0.05) is 17.2 Å². The molecule has 0 heterocycles. The van der Waals surface area contributed by atoms with E-state index in [1.165, 1.54) is 24.4 Å². The lowest BCUT2D eigenvalue weighted by Crippen LogP contribution is -2.34. The average molecular weight is 536 g/mol. The zero-order chi connectivity index (χ0) is 28.3. The van der Waals surface area contributed by atoms with E-state index in [9.17, 15) is 19.2 Å². The van der Waals surface area contributed by atoms with E-state index in [1.54, 1.807) is 84.9 Å². The predicted octanol–water partition coefficient (Wildman–Crippen LogP) is 4.31. The van der Waals surface area contributed by atoms with Gasteiger partial charge in [-0.1, -0.05) is 54.1 Å². The van der Waals surface area contributed by atoms with Crippen LogP contribution in [0.3, 0.4) is 0 Å². The first-order valence-corrected chi connectivity index (χ1v) is 12.2. The fraction of sp³-hybridized carbons (Fsp3) is 0.0645. The number of esters is 2. The van der Waals surface area contributed by atoms with E-state index in [-0.39, 0.29) is 18.0 Å². The Kier molecular flexibility index (Phi) is 9.13. The number of hydrogen-bond acceptors (Lipinski definition) is 7. The Balaban J connectivity index is 1.44. The van der Waals surface area contributed by atoms with Crippen molar-refractivity contribution in [1.29, 1.82) is 0 Å². The van der Waals surface area contributed by atoms with E-state index in [0.717, 1.165) is 5.56 Å². The number of benzene rings is 4. The Morgan fingerprint density at radius 1 is 0.725 bits per heavy atom. The Morgan fingerprint density at radius 2 is 1.32 bits per heavy atom. The fourth-order valence-electron chi connectivity index (χ4n) is 3.43. The second-order valence-electron chi connectivity index (χ2n) is 8.55. The lowest BCUT2D eigenvalue weighted by atomic mass is 10.1. The Bertz CT molecular complexity index is 1530. The molecular weight excluding hydrogens is 510 g/mol. The number of hydrazone groups is 1. The summed E-state index contributed by atoms with van der Waals surface area (Å²) in [6.07, 6.45) is 1.27. The monoisotopic (exact) mass is 535 g/mol. The van der Waals surface area contributed by atoms with Crippen molar-refractivity contribution in [2.24, 2.45) is 5.10 Å². The summed E-state index contributed by atoms with van der Waals surface area (Å²) in [7, 11) is 0. The van der Waals surface area contributed by atoms with Gasteiger partial charge in [0.1, 0.15) is 11.5 Å². The molecule has 0 spiro atoms. The van der Waals surface area contributed by atoms with Gasteiger partial charge in [0.2, 0.25) is 0 Å². The molecule has 0 saturated carbocycles. The van der Waals surface area contributed by atoms with Crippen LogP contribution in [0.1, 0.15) is 42.2 Å². The molecule has 9 nitrogen and oxygen atoms in total. The first-order valence-electron chi connectivity index (χ1n) is 12.2. The highest BCUT2D eigenvalue weighted by Gasteiger charge is 2.15. The molecule has 0 radical (unpaired) electrons. The first-order chi connectivity index (χ1) is 19.4. The van der Waals surface area contributed by atoms with Crippen molar-refractivity contribution in [2.45, 2.75) is 6.92 Å². The zero-order valence-electron chi connectivity index (χ0n) is 21.5. The maximum Gasteiger partial charge on any atom is 0.343 e. The SMILES string of the molecule is Cc1ccc(C(=O)NCC(=O)NN=Cc2ccc(OC(=O)c3ccccc3)cc2OC(=O)c2ccccc2)cc1. The minimum Gasteiger partial charge on any atom is -0.423 e. The number of carbonyl (C=O) groups is 4. The van der Waals surface area contributed by atoms with E-state index in [0.29, 0.717) is 22.3 Å². The van der Waals surface area contributed by atoms with Crippen LogP contribution < -0.4 is 20.2 Å². The molecule has 4 aromatic carbocycles. The lowest BCUT2D eigenvalue weighted by Gasteiger charge is -2.10. The second kappa shape index (κ2) is 13.3. The standard InChI is InChI=1S/C31H25N3O6/c1-21-12-14-22(15-13-21)29(36)32-20-28(35)34-33-19-25-16-17-26(39-30(37)23-8-4-2-5-9-23)18-27(25)40-31(38)24-10-6-3-7-11-24/h2-19H,20H2,1H3,(H,32,36)(H,34,35). The van der Waals surface area contributed by atoms with Gasteiger partial charge in [-0.25, -0.2) is 15.0 Å². The van der Waals surface area contributed by atoms with Gasteiger partial charge in [-0.2, -0.15) is 5.10 Å². The normalized spacial score (nSPS) is 10.5. The number of rotatable bonds is 9. The van der Waals surface area contributed by atoms with Crippen LogP contribution in [0.2, 0.25) is 0 Å². The summed E-state index contributed by atoms with van der Waals surface area (Å²) >= 11 is 0. The van der Waals surface area contributed by atoms with Crippen molar-refractivity contribution in [3.8, 4) is 11.5 Å². The third-order valence-electron chi connectivity index (χ3n) is 5.53. The zero-order valence-corrected chi connectivity index (χ0v) is 21.5. The number of aryl methyl sites for hydroxylation is 1. The summed E-state index contributed by atoms with van der Waals surface area (Å²) in [6, 6.07) is 28.1. The van der Waals surface area contributed by atoms with E-state index < -0.39 is 23.8 Å². The lowest BCUT2D eigenvalue weighted by molar-refractivity contribution is -0.120. The number of amides is 2. The average Bonchev–Trinajstić information content (AvgIpc) is 2.98. The molecule has 40 heavy (non-hydrogen) atoms. The maximum atomic E-state index is 12.7. The fourth-order valence-corrected chi connectivity index (χ4v) is 3.43. The molecule has 0 aliphatic rings. The molecule has 0 saturated heterocycles. The molecule has 0 aliphatic carbocycles. The summed E-state index contributed by atoms with van der Waals surface area (Å²) in [6.45, 7) is 1.61. The van der Waals surface area contributed by atoms with Crippen LogP contribution >= 0.6 is 0 Å². The van der Waals surface area contributed by atoms with E-state index in [2.05, 4.69) is 15.8 Å². The van der Waals surface area contributed by atoms with Crippen LogP contribution in [-0.2, 0) is 4.79 Å². The van der Waals surface area contributed by atoms with Crippen molar-refractivity contribution in [3.05, 3.63) is 131 Å². The number of hydrogen-bond donors (Lipinski definition) is 2. The van der Waals surface area contributed by atoms with Crippen LogP contribution in [0.15, 0.2) is 108 Å². The van der Waals surface area contributed by atoms with Gasteiger partial charge in [0.15, 0.2) is 0 Å². The van der Waals surface area contributed by atoms with Crippen LogP contribution in [0.25, 0.3) is 0 Å². The van der Waals surface area contributed by atoms with Gasteiger partial charge in [-0.05, 0) is 55.5 Å². The van der Waals surface area contributed by atoms with Crippen LogP contribution in [0.5, 0.6) is 11.5 Å². The first kappa shape index (κ1) is 27.5. The largest absolute Gasteiger partial charge is 0.423 e. The van der Waals surface area contributed by atoms with Gasteiger partial charge < -0.3 is 14.8 Å². The molecule has 200 valence electrons. The highest BCUT2D eigenvalue weighted by atomic mass is 16.5. The number of ether oxygens (including phenoxy) is 2. The highest BCUT2D eigenvalue weighted by molar-refractivity contribution is 5.97. The van der Waals surface area contributed by atoms with Crippen molar-refractivity contribution < 1.29 is 28.7 Å². The van der Waals surface area contributed by atoms with Crippen LogP contribution in [0.4, 0.5) is 0 Å². The van der Waals surface area contributed by atoms with E-state index >= 15 is 0 Å². The molecule has 4 rings (SSSR count). The molecule has 0 aliphatic heterocycles. The van der Waals surface area contributed by atoms with Gasteiger partial charge in [0.05, 0.1) is 23.9 Å². The van der Waals surface area contributed by atoms with Crippen LogP contribution in [-0.4, -0.2) is 36.5 Å². The molecule has 9 heteroatoms. The van der Waals surface area contributed by atoms with Crippen molar-refractivity contribution >= 4 is 30.0 Å². The summed E-state index contributed by atoms with van der Waals surface area (Å²) < 4.78 is 11.0. The summed E-state index contributed by atoms with van der Waals surface area (Å²) in [4.78, 5) is 49.6. The molecule has 0 unspecified atom stereocenters. The third kappa shape index (κ3) is 7.72. The Labute approximate surface area is 230 Å². The minimum atomic E-state index is -0.635. The number of nitrogens with zero attached hydrogens (tertiary/aromatic N) is 1. The van der Waals surface area contributed by atoms with Gasteiger partial charge in [-0.15, -0.1) is 0 Å². The van der Waals surface area contributed by atoms with Gasteiger partial charge in [0.25, 0.3) is 11.8 Å². The van der Waals surface area contributed by atoms with Crippen molar-refractivity contribution in [3.63, 3.8) is 0 Å². The Hall–Kier alpha value is -5.57. The van der Waals surface area contributed by atoms with E-state index in [4.69, 9.17) is 9.47 Å². The van der Waals surface area contributed by atoms with Gasteiger partial charge in [-0.3, -0.25) is 9.59 Å². The smallest absolute Gasteiger partial charge is 0.343 e. The molecule has 2 N–H and O–H groups in total. The minimum absolute atomic E-state index is 0.0536. The summed E-state index contributed by atoms with van der Waals surface area (Å²) in [5.41, 5.74) is 4.76. The number of carbonyl (C=O) groups excluding carboxylic acids is 4.